The summed E-state index contributed by atoms with van der Waals surface area (Å²) in [5.74, 6) is -2.50. The van der Waals surface area contributed by atoms with Crippen LogP contribution in [0.5, 0.6) is 0 Å². The molecule has 2 aromatic rings. The number of hydrogen-bond acceptors (Lipinski definition) is 2. The first kappa shape index (κ1) is 12.9. The quantitative estimate of drug-likeness (QED) is 0.900. The summed E-state index contributed by atoms with van der Waals surface area (Å²) in [6.45, 7) is 0. The van der Waals surface area contributed by atoms with Crippen LogP contribution in [-0.2, 0) is 7.05 Å². The highest BCUT2D eigenvalue weighted by Gasteiger charge is 2.13. The fourth-order valence-corrected chi connectivity index (χ4v) is 1.49. The highest BCUT2D eigenvalue weighted by molar-refractivity contribution is 6.04. The summed E-state index contributed by atoms with van der Waals surface area (Å²) in [6.07, 6.45) is 1.40. The van der Waals surface area contributed by atoms with Crippen molar-refractivity contribution < 1.29 is 13.6 Å². The molecule has 1 N–H and O–H groups in total. The standard InChI is InChI=1S/C13H10F2N2O2/c1-17-6-5-8(7-11(17)18)13(19)16-12-9(14)3-2-4-10(12)15/h2-7H,1H3,(H,16,19). The second-order valence-corrected chi connectivity index (χ2v) is 3.92. The normalized spacial score (nSPS) is 10.3. The summed E-state index contributed by atoms with van der Waals surface area (Å²) in [4.78, 5) is 23.2. The van der Waals surface area contributed by atoms with Crippen LogP contribution in [0.4, 0.5) is 14.5 Å². The number of aryl methyl sites for hydroxylation is 1. The lowest BCUT2D eigenvalue weighted by Crippen LogP contribution is -2.20. The zero-order valence-electron chi connectivity index (χ0n) is 9.98. The van der Waals surface area contributed by atoms with Crippen molar-refractivity contribution in [2.45, 2.75) is 0 Å². The number of rotatable bonds is 2. The first-order valence-corrected chi connectivity index (χ1v) is 5.41. The predicted octanol–water partition coefficient (Wildman–Crippen LogP) is 1.92. The molecule has 0 saturated carbocycles. The number of nitrogens with one attached hydrogen (secondary N) is 1. The zero-order chi connectivity index (χ0) is 14.0. The van der Waals surface area contributed by atoms with Gasteiger partial charge in [0.15, 0.2) is 0 Å². The summed E-state index contributed by atoms with van der Waals surface area (Å²) in [6, 6.07) is 5.73. The number of hydrogen-bond donors (Lipinski definition) is 1. The van der Waals surface area contributed by atoms with Gasteiger partial charge in [0, 0.05) is 24.9 Å². The van der Waals surface area contributed by atoms with E-state index in [-0.39, 0.29) is 11.1 Å². The Kier molecular flexibility index (Phi) is 3.41. The third kappa shape index (κ3) is 2.67. The van der Waals surface area contributed by atoms with Gasteiger partial charge >= 0.3 is 0 Å². The first-order valence-electron chi connectivity index (χ1n) is 5.41. The number of benzene rings is 1. The molecule has 98 valence electrons. The van der Waals surface area contributed by atoms with Crippen molar-refractivity contribution in [3.8, 4) is 0 Å². The average Bonchev–Trinajstić information content (AvgIpc) is 2.37. The molecule has 1 aromatic heterocycles. The molecule has 0 unspecified atom stereocenters. The molecular formula is C13H10F2N2O2. The van der Waals surface area contributed by atoms with Crippen LogP contribution < -0.4 is 10.9 Å². The third-order valence-corrected chi connectivity index (χ3v) is 2.57. The van der Waals surface area contributed by atoms with Crippen molar-refractivity contribution in [3.63, 3.8) is 0 Å². The first-order chi connectivity index (χ1) is 8.99. The van der Waals surface area contributed by atoms with Gasteiger partial charge in [-0.25, -0.2) is 8.78 Å². The number of halogens is 2. The lowest BCUT2D eigenvalue weighted by molar-refractivity contribution is 0.102. The van der Waals surface area contributed by atoms with E-state index in [0.717, 1.165) is 18.2 Å². The smallest absolute Gasteiger partial charge is 0.256 e. The van der Waals surface area contributed by atoms with Crippen molar-refractivity contribution in [3.05, 3.63) is 64.1 Å². The Morgan fingerprint density at radius 1 is 1.21 bits per heavy atom. The molecule has 0 radical (unpaired) electrons. The molecule has 1 amide bonds. The van der Waals surface area contributed by atoms with Gasteiger partial charge in [-0.05, 0) is 18.2 Å². The monoisotopic (exact) mass is 264 g/mol. The predicted molar refractivity (Wildman–Crippen MR) is 66.0 cm³/mol. The Hall–Kier alpha value is -2.50. The molecule has 0 aliphatic heterocycles. The maximum Gasteiger partial charge on any atom is 0.256 e. The second-order valence-electron chi connectivity index (χ2n) is 3.92. The fraction of sp³-hybridized carbons (Fsp3) is 0.0769. The highest BCUT2D eigenvalue weighted by Crippen LogP contribution is 2.18. The number of para-hydroxylation sites is 1. The summed E-state index contributed by atoms with van der Waals surface area (Å²) in [5.41, 5.74) is -0.888. The van der Waals surface area contributed by atoms with E-state index in [9.17, 15) is 18.4 Å². The van der Waals surface area contributed by atoms with E-state index in [1.807, 2.05) is 0 Å². The molecule has 1 aromatic carbocycles. The minimum Gasteiger partial charge on any atom is -0.319 e. The minimum atomic E-state index is -0.878. The van der Waals surface area contributed by atoms with E-state index in [0.29, 0.717) is 0 Å². The van der Waals surface area contributed by atoms with Crippen LogP contribution in [0.1, 0.15) is 10.4 Å². The van der Waals surface area contributed by atoms with Gasteiger partial charge in [0.2, 0.25) is 0 Å². The molecule has 0 saturated heterocycles. The van der Waals surface area contributed by atoms with Gasteiger partial charge in [0.05, 0.1) is 0 Å². The maximum atomic E-state index is 13.3. The van der Waals surface area contributed by atoms with Crippen LogP contribution in [0.3, 0.4) is 0 Å². The molecule has 0 spiro atoms. The lowest BCUT2D eigenvalue weighted by atomic mass is 10.2. The third-order valence-electron chi connectivity index (χ3n) is 2.57. The fourth-order valence-electron chi connectivity index (χ4n) is 1.49. The molecule has 19 heavy (non-hydrogen) atoms. The van der Waals surface area contributed by atoms with Crippen molar-refractivity contribution in [1.82, 2.24) is 4.57 Å². The topological polar surface area (TPSA) is 51.1 Å². The summed E-state index contributed by atoms with van der Waals surface area (Å²) < 4.78 is 28.0. The number of nitrogens with zero attached hydrogens (tertiary/aromatic N) is 1. The van der Waals surface area contributed by atoms with E-state index in [1.54, 1.807) is 0 Å². The van der Waals surface area contributed by atoms with E-state index in [2.05, 4.69) is 5.32 Å². The number of pyridine rings is 1. The SMILES string of the molecule is Cn1ccc(C(=O)Nc2c(F)cccc2F)cc1=O. The van der Waals surface area contributed by atoms with Gasteiger partial charge in [0.1, 0.15) is 17.3 Å². The van der Waals surface area contributed by atoms with E-state index >= 15 is 0 Å². The van der Waals surface area contributed by atoms with E-state index in [1.165, 1.54) is 29.9 Å². The molecular weight excluding hydrogens is 254 g/mol. The van der Waals surface area contributed by atoms with E-state index in [4.69, 9.17) is 0 Å². The summed E-state index contributed by atoms with van der Waals surface area (Å²) in [5, 5.41) is 2.10. The molecule has 4 nitrogen and oxygen atoms in total. The summed E-state index contributed by atoms with van der Waals surface area (Å²) >= 11 is 0. The van der Waals surface area contributed by atoms with Crippen molar-refractivity contribution >= 4 is 11.6 Å². The molecule has 0 fully saturated rings. The van der Waals surface area contributed by atoms with Gasteiger partial charge < -0.3 is 9.88 Å². The Morgan fingerprint density at radius 2 is 1.84 bits per heavy atom. The Morgan fingerprint density at radius 3 is 2.42 bits per heavy atom. The Labute approximate surface area is 107 Å². The molecule has 0 atom stereocenters. The summed E-state index contributed by atoms with van der Waals surface area (Å²) in [7, 11) is 1.53. The lowest BCUT2D eigenvalue weighted by Gasteiger charge is -2.07. The number of aromatic nitrogens is 1. The maximum absolute atomic E-state index is 13.3. The Balaban J connectivity index is 2.31. The molecule has 0 bridgehead atoms. The highest BCUT2D eigenvalue weighted by atomic mass is 19.1. The average molecular weight is 264 g/mol. The number of carbonyl (C=O) groups excluding carboxylic acids is 1. The van der Waals surface area contributed by atoms with Crippen LogP contribution in [0.2, 0.25) is 0 Å². The minimum absolute atomic E-state index is 0.0331. The van der Waals surface area contributed by atoms with Gasteiger partial charge in [-0.2, -0.15) is 0 Å². The van der Waals surface area contributed by atoms with E-state index < -0.39 is 23.2 Å². The van der Waals surface area contributed by atoms with Crippen LogP contribution >= 0.6 is 0 Å². The van der Waals surface area contributed by atoms with Gasteiger partial charge in [-0.15, -0.1) is 0 Å². The van der Waals surface area contributed by atoms with Crippen molar-refractivity contribution in [2.75, 3.05) is 5.32 Å². The van der Waals surface area contributed by atoms with Crippen LogP contribution in [0.15, 0.2) is 41.3 Å². The molecule has 0 aliphatic rings. The molecule has 2 rings (SSSR count). The number of amides is 1. The van der Waals surface area contributed by atoms with Crippen molar-refractivity contribution in [2.24, 2.45) is 7.05 Å². The van der Waals surface area contributed by atoms with Gasteiger partial charge in [-0.1, -0.05) is 6.07 Å². The number of anilines is 1. The molecule has 1 heterocycles. The van der Waals surface area contributed by atoms with Crippen LogP contribution in [0, 0.1) is 11.6 Å². The largest absolute Gasteiger partial charge is 0.319 e. The van der Waals surface area contributed by atoms with Gasteiger partial charge in [0.25, 0.3) is 11.5 Å². The number of carbonyl (C=O) groups is 1. The second kappa shape index (κ2) is 5.01. The molecule has 0 aliphatic carbocycles. The van der Waals surface area contributed by atoms with Gasteiger partial charge in [-0.3, -0.25) is 9.59 Å². The van der Waals surface area contributed by atoms with Crippen LogP contribution in [0.25, 0.3) is 0 Å². The Bertz CT molecular complexity index is 675. The van der Waals surface area contributed by atoms with Crippen LogP contribution in [-0.4, -0.2) is 10.5 Å². The molecule has 6 heteroatoms. The van der Waals surface area contributed by atoms with Crippen molar-refractivity contribution in [1.29, 1.82) is 0 Å². The zero-order valence-corrected chi connectivity index (χ0v) is 9.98.